The van der Waals surface area contributed by atoms with Gasteiger partial charge in [-0.2, -0.15) is 0 Å². The van der Waals surface area contributed by atoms with Crippen LogP contribution in [-0.2, 0) is 11.2 Å². The van der Waals surface area contributed by atoms with Crippen molar-refractivity contribution in [2.75, 3.05) is 0 Å². The Hall–Kier alpha value is -2.41. The van der Waals surface area contributed by atoms with E-state index in [2.05, 4.69) is 4.74 Å². The third-order valence-corrected chi connectivity index (χ3v) is 3.31. The van der Waals surface area contributed by atoms with Crippen LogP contribution in [0.3, 0.4) is 0 Å². The van der Waals surface area contributed by atoms with E-state index in [0.29, 0.717) is 17.7 Å². The minimum atomic E-state index is -3.24. The molecule has 1 unspecified atom stereocenters. The maximum absolute atomic E-state index is 12.2. The largest absolute Gasteiger partial charge is 0.478 e. The molecule has 0 fully saturated rings. The minimum absolute atomic E-state index is 0.0416. The molecule has 6 nitrogen and oxygen atoms in total. The lowest BCUT2D eigenvalue weighted by atomic mass is 9.96. The Morgan fingerprint density at radius 1 is 1.05 bits per heavy atom. The molecule has 1 aliphatic heterocycles. The Morgan fingerprint density at radius 2 is 1.73 bits per heavy atom. The van der Waals surface area contributed by atoms with E-state index in [-0.39, 0.29) is 11.5 Å². The van der Waals surface area contributed by atoms with Crippen molar-refractivity contribution >= 4 is 5.78 Å². The zero-order valence-electron chi connectivity index (χ0n) is 11.5. The second-order valence-electron chi connectivity index (χ2n) is 4.99. The molecule has 2 aromatic carbocycles. The molecule has 0 bridgehead atoms. The Labute approximate surface area is 126 Å². The highest BCUT2D eigenvalue weighted by atomic mass is 16.9. The maximum Gasteiger partial charge on any atom is 0.453 e. The van der Waals surface area contributed by atoms with Gasteiger partial charge in [0.25, 0.3) is 0 Å². The average Bonchev–Trinajstić information content (AvgIpc) is 2.46. The molecule has 0 aliphatic carbocycles. The molecule has 0 aromatic heterocycles. The van der Waals surface area contributed by atoms with Gasteiger partial charge in [-0.05, 0) is 18.2 Å². The summed E-state index contributed by atoms with van der Waals surface area (Å²) in [6.45, 7) is 0. The second kappa shape index (κ2) is 5.42. The van der Waals surface area contributed by atoms with Gasteiger partial charge in [-0.25, -0.2) is 0 Å². The van der Waals surface area contributed by atoms with Crippen molar-refractivity contribution in [3.8, 4) is 11.5 Å². The highest BCUT2D eigenvalue weighted by Gasteiger charge is 2.29. The van der Waals surface area contributed by atoms with Crippen LogP contribution in [0.4, 0.5) is 0 Å². The van der Waals surface area contributed by atoms with E-state index in [0.717, 1.165) is 5.56 Å². The monoisotopic (exact) mass is 302 g/mol. The van der Waals surface area contributed by atoms with Crippen LogP contribution in [0.25, 0.3) is 0 Å². The van der Waals surface area contributed by atoms with E-state index in [1.54, 1.807) is 12.1 Å². The molecule has 1 aliphatic rings. The fourth-order valence-electron chi connectivity index (χ4n) is 2.36. The van der Waals surface area contributed by atoms with Gasteiger partial charge in [0.1, 0.15) is 11.5 Å². The quantitative estimate of drug-likeness (QED) is 0.729. The molecule has 1 heterocycles. The Morgan fingerprint density at radius 3 is 2.41 bits per heavy atom. The van der Waals surface area contributed by atoms with Crippen molar-refractivity contribution in [2.45, 2.75) is 18.7 Å². The number of hydrogen-bond donors (Lipinski definition) is 3. The second-order valence-corrected chi connectivity index (χ2v) is 4.99. The van der Waals surface area contributed by atoms with Crippen LogP contribution in [0.5, 0.6) is 11.5 Å². The fourth-order valence-corrected chi connectivity index (χ4v) is 2.36. The van der Waals surface area contributed by atoms with Gasteiger partial charge in [0, 0.05) is 17.5 Å². The van der Waals surface area contributed by atoms with Gasteiger partial charge in [0.2, 0.25) is 0 Å². The van der Waals surface area contributed by atoms with E-state index >= 15 is 0 Å². The molecule has 3 rings (SSSR count). The van der Waals surface area contributed by atoms with Gasteiger partial charge < -0.3 is 24.8 Å². The first-order valence-electron chi connectivity index (χ1n) is 6.66. The number of aliphatic hydroxyl groups is 3. The predicted octanol–water partition coefficient (Wildman–Crippen LogP) is 0.899. The molecular formula is C16H14O6. The van der Waals surface area contributed by atoms with E-state index in [9.17, 15) is 4.79 Å². The summed E-state index contributed by atoms with van der Waals surface area (Å²) in [7, 11) is 0. The summed E-state index contributed by atoms with van der Waals surface area (Å²) in [4.78, 5) is 12.2. The van der Waals surface area contributed by atoms with Crippen LogP contribution in [0.15, 0.2) is 48.5 Å². The highest BCUT2D eigenvalue weighted by molar-refractivity contribution is 5.88. The summed E-state index contributed by atoms with van der Waals surface area (Å²) >= 11 is 0. The Bertz CT molecular complexity index is 687. The van der Waals surface area contributed by atoms with Gasteiger partial charge >= 0.3 is 6.16 Å². The van der Waals surface area contributed by atoms with Crippen molar-refractivity contribution in [2.24, 2.45) is 0 Å². The van der Waals surface area contributed by atoms with Crippen LogP contribution < -0.4 is 9.47 Å². The third-order valence-electron chi connectivity index (χ3n) is 3.31. The molecule has 0 amide bonds. The van der Waals surface area contributed by atoms with Crippen LogP contribution in [0, 0.1) is 0 Å². The van der Waals surface area contributed by atoms with Gasteiger partial charge in [0.15, 0.2) is 11.9 Å². The summed E-state index contributed by atoms with van der Waals surface area (Å²) in [5.74, 6) is 0.653. The van der Waals surface area contributed by atoms with E-state index in [4.69, 9.17) is 20.1 Å². The number of para-hydroxylation sites is 1. The first-order valence-corrected chi connectivity index (χ1v) is 6.66. The standard InChI is InChI=1S/C16H14O6/c17-13-9-11-3-1-2-4-14(11)21-15(13)10-5-7-12(8-6-10)22-16(18,19)20/h1-8,15,18-20H,9H2. The average molecular weight is 302 g/mol. The molecule has 0 saturated heterocycles. The zero-order chi connectivity index (χ0) is 15.7. The topological polar surface area (TPSA) is 96.2 Å². The van der Waals surface area contributed by atoms with Crippen molar-refractivity contribution in [1.29, 1.82) is 0 Å². The Balaban J connectivity index is 1.81. The van der Waals surface area contributed by atoms with Crippen molar-refractivity contribution in [3.05, 3.63) is 59.7 Å². The molecule has 3 N–H and O–H groups in total. The Kier molecular flexibility index (Phi) is 3.58. The SMILES string of the molecule is O=C1Cc2ccccc2OC1c1ccc(OC(O)(O)O)cc1. The lowest BCUT2D eigenvalue weighted by molar-refractivity contribution is -0.419. The van der Waals surface area contributed by atoms with Gasteiger partial charge in [-0.3, -0.25) is 4.79 Å². The molecule has 114 valence electrons. The van der Waals surface area contributed by atoms with Gasteiger partial charge in [-0.1, -0.05) is 30.3 Å². The molecule has 0 spiro atoms. The first-order chi connectivity index (χ1) is 10.4. The van der Waals surface area contributed by atoms with Crippen molar-refractivity contribution in [1.82, 2.24) is 0 Å². The third kappa shape index (κ3) is 3.09. The zero-order valence-corrected chi connectivity index (χ0v) is 11.5. The number of fused-ring (bicyclic) bond motifs is 1. The maximum atomic E-state index is 12.2. The lowest BCUT2D eigenvalue weighted by Gasteiger charge is -2.25. The van der Waals surface area contributed by atoms with Gasteiger partial charge in [-0.15, -0.1) is 0 Å². The normalized spacial score (nSPS) is 17.6. The summed E-state index contributed by atoms with van der Waals surface area (Å²) < 4.78 is 10.2. The van der Waals surface area contributed by atoms with Crippen LogP contribution >= 0.6 is 0 Å². The van der Waals surface area contributed by atoms with E-state index in [1.165, 1.54) is 12.1 Å². The van der Waals surface area contributed by atoms with Gasteiger partial charge in [0.05, 0.1) is 0 Å². The first kappa shape index (κ1) is 14.5. The minimum Gasteiger partial charge on any atom is -0.478 e. The summed E-state index contributed by atoms with van der Waals surface area (Å²) in [5.41, 5.74) is 1.47. The number of rotatable bonds is 3. The summed E-state index contributed by atoms with van der Waals surface area (Å²) in [5, 5.41) is 26.3. The fraction of sp³-hybridized carbons (Fsp3) is 0.188. The number of Topliss-reactive ketones (excluding diaryl/α,β-unsaturated/α-hetero) is 1. The number of carbonyl (C=O) groups excluding carboxylic acids is 1. The number of hydrogen-bond acceptors (Lipinski definition) is 6. The van der Waals surface area contributed by atoms with Crippen LogP contribution in [0.1, 0.15) is 17.2 Å². The van der Waals surface area contributed by atoms with Crippen LogP contribution in [-0.4, -0.2) is 27.3 Å². The van der Waals surface area contributed by atoms with E-state index < -0.39 is 12.3 Å². The number of benzene rings is 2. The highest BCUT2D eigenvalue weighted by Crippen LogP contribution is 2.33. The molecule has 6 heteroatoms. The summed E-state index contributed by atoms with van der Waals surface area (Å²) in [6, 6.07) is 13.3. The van der Waals surface area contributed by atoms with Crippen molar-refractivity contribution < 1.29 is 29.6 Å². The molecule has 1 atom stereocenters. The number of ether oxygens (including phenoxy) is 2. The smallest absolute Gasteiger partial charge is 0.453 e. The molecule has 0 saturated carbocycles. The lowest BCUT2D eigenvalue weighted by Crippen LogP contribution is -2.34. The summed E-state index contributed by atoms with van der Waals surface area (Å²) in [6.07, 6.45) is -3.66. The van der Waals surface area contributed by atoms with Crippen LogP contribution in [0.2, 0.25) is 0 Å². The number of carbonyl (C=O) groups is 1. The number of ketones is 1. The molecule has 2 aromatic rings. The molecular weight excluding hydrogens is 288 g/mol. The molecule has 22 heavy (non-hydrogen) atoms. The molecule has 0 radical (unpaired) electrons. The predicted molar refractivity (Wildman–Crippen MR) is 75.0 cm³/mol. The van der Waals surface area contributed by atoms with E-state index in [1.807, 2.05) is 24.3 Å². The van der Waals surface area contributed by atoms with Crippen molar-refractivity contribution in [3.63, 3.8) is 0 Å².